The van der Waals surface area contributed by atoms with Crippen molar-refractivity contribution >= 4 is 0 Å². The van der Waals surface area contributed by atoms with E-state index in [1.165, 1.54) is 20.8 Å². The van der Waals surface area contributed by atoms with Crippen LogP contribution >= 0.6 is 0 Å². The summed E-state index contributed by atoms with van der Waals surface area (Å²) < 4.78 is 58.3. The van der Waals surface area contributed by atoms with Crippen molar-refractivity contribution in [3.05, 3.63) is 23.3 Å². The van der Waals surface area contributed by atoms with E-state index < -0.39 is 167 Å². The molecule has 0 spiro atoms. The molecule has 0 aliphatic carbocycles. The maximum atomic E-state index is 11.3. The van der Waals surface area contributed by atoms with E-state index in [9.17, 15) is 71.5 Å². The van der Waals surface area contributed by atoms with Gasteiger partial charge in [0.15, 0.2) is 31.5 Å². The second-order valence-corrected chi connectivity index (χ2v) is 19.1. The summed E-state index contributed by atoms with van der Waals surface area (Å²) in [6, 6.07) is 0. The van der Waals surface area contributed by atoms with Crippen molar-refractivity contribution in [1.82, 2.24) is 0 Å². The highest BCUT2D eigenvalue weighted by Gasteiger charge is 2.55. The molecule has 5 saturated heterocycles. The standard InChI is InChI=1S/C45H78O24/c1-18(10-8-12-20(3)17-61-44-39(34(56)29(51)24(15-46)65-44)68-42-36(58)32(54)27(49)22(5)63-42)9-7-11-19(2)13-14-60-45-40(69-43-37(59)33(55)28(50)23(6)64-43)38(30(52)25(16-47)66-45)67-41-35(57)31(53)26(48)21(4)62-41/h9,13,20-59H,7-8,10-12,14-17H2,1-6H3/b18-9+,19-13+/t20-,21-,22-,23-,24+,25+,26-,27-,28-,29+,30+,31+,32+,33+,34-,35+,36+,37+,38-,39+,40+,41-,42-,43-,44+,45+/m0/s1. The first-order chi connectivity index (χ1) is 32.6. The van der Waals surface area contributed by atoms with Crippen LogP contribution in [0.25, 0.3) is 0 Å². The molecule has 0 radical (unpaired) electrons. The maximum Gasteiger partial charge on any atom is 0.187 e. The summed E-state index contributed by atoms with van der Waals surface area (Å²) in [6.07, 6.45) is -29.1. The number of rotatable bonds is 21. The Labute approximate surface area is 401 Å². The van der Waals surface area contributed by atoms with E-state index in [0.717, 1.165) is 30.4 Å². The molecule has 5 aliphatic heterocycles. The van der Waals surface area contributed by atoms with Crippen molar-refractivity contribution in [3.8, 4) is 0 Å². The second kappa shape index (κ2) is 26.6. The van der Waals surface area contributed by atoms with E-state index in [1.807, 2.05) is 20.8 Å². The number of hydrogen-bond donors (Lipinski definition) is 14. The summed E-state index contributed by atoms with van der Waals surface area (Å²) in [7, 11) is 0. The highest BCUT2D eigenvalue weighted by Crippen LogP contribution is 2.35. The van der Waals surface area contributed by atoms with Gasteiger partial charge < -0.3 is 119 Å². The van der Waals surface area contributed by atoms with E-state index in [2.05, 4.69) is 6.08 Å². The quantitative estimate of drug-likeness (QED) is 0.0483. The summed E-state index contributed by atoms with van der Waals surface area (Å²) in [4.78, 5) is 0. The molecule has 5 heterocycles. The molecular weight excluding hydrogens is 924 g/mol. The Kier molecular flexibility index (Phi) is 22.6. The lowest BCUT2D eigenvalue weighted by Gasteiger charge is -2.48. The zero-order chi connectivity index (χ0) is 51.0. The predicted molar refractivity (Wildman–Crippen MR) is 233 cm³/mol. The molecule has 24 heteroatoms. The van der Waals surface area contributed by atoms with Gasteiger partial charge >= 0.3 is 0 Å². The van der Waals surface area contributed by atoms with Crippen LogP contribution in [0.5, 0.6) is 0 Å². The fraction of sp³-hybridized carbons (Fsp3) is 0.911. The summed E-state index contributed by atoms with van der Waals surface area (Å²) in [5.74, 6) is -0.00525. The van der Waals surface area contributed by atoms with Gasteiger partial charge in [-0.3, -0.25) is 0 Å². The fourth-order valence-corrected chi connectivity index (χ4v) is 8.76. The van der Waals surface area contributed by atoms with Crippen LogP contribution in [0.1, 0.15) is 73.6 Å². The monoisotopic (exact) mass is 1000 g/mol. The summed E-state index contributed by atoms with van der Waals surface area (Å²) in [6.45, 7) is 8.96. The molecule has 14 N–H and O–H groups in total. The Morgan fingerprint density at radius 1 is 0.464 bits per heavy atom. The van der Waals surface area contributed by atoms with Gasteiger partial charge in [-0.2, -0.15) is 0 Å². The van der Waals surface area contributed by atoms with Crippen molar-refractivity contribution < 1.29 is 119 Å². The Hall–Kier alpha value is -1.48. The molecule has 0 saturated carbocycles. The van der Waals surface area contributed by atoms with Crippen LogP contribution in [0, 0.1) is 5.92 Å². The van der Waals surface area contributed by atoms with Gasteiger partial charge in [0.1, 0.15) is 104 Å². The van der Waals surface area contributed by atoms with E-state index in [1.54, 1.807) is 6.08 Å². The number of allylic oxidation sites excluding steroid dienone is 3. The Balaban J connectivity index is 1.13. The van der Waals surface area contributed by atoms with Crippen molar-refractivity contribution in [2.45, 2.75) is 227 Å². The second-order valence-electron chi connectivity index (χ2n) is 19.1. The van der Waals surface area contributed by atoms with Gasteiger partial charge in [-0.25, -0.2) is 0 Å². The third-order valence-electron chi connectivity index (χ3n) is 13.5. The van der Waals surface area contributed by atoms with E-state index >= 15 is 0 Å². The van der Waals surface area contributed by atoms with Crippen molar-refractivity contribution in [2.24, 2.45) is 5.92 Å². The van der Waals surface area contributed by atoms with E-state index in [-0.39, 0.29) is 19.1 Å². The highest BCUT2D eigenvalue weighted by molar-refractivity contribution is 5.04. The van der Waals surface area contributed by atoms with Gasteiger partial charge in [-0.05, 0) is 72.6 Å². The molecule has 24 nitrogen and oxygen atoms in total. The summed E-state index contributed by atoms with van der Waals surface area (Å²) in [5, 5.41) is 146. The zero-order valence-corrected chi connectivity index (χ0v) is 39.9. The van der Waals surface area contributed by atoms with Gasteiger partial charge in [0.2, 0.25) is 0 Å². The summed E-state index contributed by atoms with van der Waals surface area (Å²) >= 11 is 0. The first kappa shape index (κ1) is 58.4. The minimum atomic E-state index is -1.79. The van der Waals surface area contributed by atoms with Gasteiger partial charge in [-0.15, -0.1) is 0 Å². The maximum absolute atomic E-state index is 11.3. The van der Waals surface area contributed by atoms with Gasteiger partial charge in [0.25, 0.3) is 0 Å². The van der Waals surface area contributed by atoms with E-state index in [4.69, 9.17) is 47.4 Å². The molecule has 0 bridgehead atoms. The van der Waals surface area contributed by atoms with Crippen LogP contribution in [0.2, 0.25) is 0 Å². The normalized spacial score (nSPS) is 46.5. The first-order valence-electron chi connectivity index (χ1n) is 23.8. The lowest BCUT2D eigenvalue weighted by Crippen LogP contribution is -2.66. The van der Waals surface area contributed by atoms with Crippen molar-refractivity contribution in [1.29, 1.82) is 0 Å². The number of aliphatic hydroxyl groups is 14. The Morgan fingerprint density at radius 3 is 1.39 bits per heavy atom. The fourth-order valence-electron chi connectivity index (χ4n) is 8.76. The molecular formula is C45H78O24. The average Bonchev–Trinajstić information content (AvgIpc) is 3.32. The average molecular weight is 1000 g/mol. The number of ether oxygens (including phenoxy) is 10. The van der Waals surface area contributed by atoms with Crippen LogP contribution in [0.15, 0.2) is 23.3 Å². The molecule has 5 fully saturated rings. The SMILES string of the molecule is C/C(=C\CO[C@@H]1O[C@H](CO)[C@@H](O)[C@H](O[C@@H]2O[C@@H](C)[C@H](O)[C@@H](O)[C@H]2O)[C@H]1O[C@@H]1O[C@@H](C)[C@H](O)[C@@H](O)[C@H]1O)CC/C=C(\C)CCC[C@H](C)CO[C@@H]1O[C@H](CO)[C@@H](O)[C@H](O)[C@H]1O[C@@H]1O[C@@H](C)[C@H](O)[C@@H](O)[C@H]1O. The largest absolute Gasteiger partial charge is 0.394 e. The van der Waals surface area contributed by atoms with Crippen LogP contribution in [0.4, 0.5) is 0 Å². The lowest BCUT2D eigenvalue weighted by molar-refractivity contribution is -0.388. The van der Waals surface area contributed by atoms with Gasteiger partial charge in [-0.1, -0.05) is 30.2 Å². The molecule has 402 valence electrons. The Bertz CT molecular complexity index is 1590. The first-order valence-corrected chi connectivity index (χ1v) is 23.8. The smallest absolute Gasteiger partial charge is 0.187 e. The van der Waals surface area contributed by atoms with Crippen LogP contribution in [0.3, 0.4) is 0 Å². The molecule has 0 amide bonds. The molecule has 0 unspecified atom stereocenters. The molecule has 5 aliphatic rings. The zero-order valence-electron chi connectivity index (χ0n) is 39.9. The predicted octanol–water partition coefficient (Wildman–Crippen LogP) is -4.35. The van der Waals surface area contributed by atoms with Crippen molar-refractivity contribution in [3.63, 3.8) is 0 Å². The lowest BCUT2D eigenvalue weighted by atomic mass is 9.96. The molecule has 0 aromatic rings. The van der Waals surface area contributed by atoms with Crippen LogP contribution in [-0.4, -0.2) is 251 Å². The van der Waals surface area contributed by atoms with Crippen molar-refractivity contribution in [2.75, 3.05) is 26.4 Å². The Morgan fingerprint density at radius 2 is 0.899 bits per heavy atom. The molecule has 0 aromatic heterocycles. The van der Waals surface area contributed by atoms with Gasteiger partial charge in [0, 0.05) is 0 Å². The number of aliphatic hydroxyl groups excluding tert-OH is 14. The minimum absolute atomic E-state index is 0.00525. The topological polar surface area (TPSA) is 376 Å². The molecule has 0 aromatic carbocycles. The third kappa shape index (κ3) is 14.6. The highest BCUT2D eigenvalue weighted by atomic mass is 16.8. The third-order valence-corrected chi connectivity index (χ3v) is 13.5. The minimum Gasteiger partial charge on any atom is -0.394 e. The van der Waals surface area contributed by atoms with Crippen LogP contribution in [-0.2, 0) is 47.4 Å². The molecule has 5 rings (SSSR count). The molecule has 69 heavy (non-hydrogen) atoms. The summed E-state index contributed by atoms with van der Waals surface area (Å²) in [5.41, 5.74) is 2.08. The van der Waals surface area contributed by atoms with Gasteiger partial charge in [0.05, 0.1) is 44.7 Å². The number of hydrogen-bond acceptors (Lipinski definition) is 24. The van der Waals surface area contributed by atoms with Crippen LogP contribution < -0.4 is 0 Å². The molecule has 26 atom stereocenters. The van der Waals surface area contributed by atoms with E-state index in [0.29, 0.717) is 12.8 Å².